The number of nitrogens with one attached hydrogen (secondary N) is 1. The van der Waals surface area contributed by atoms with E-state index in [1.165, 1.54) is 0 Å². The van der Waals surface area contributed by atoms with Gasteiger partial charge in [0.2, 0.25) is 6.10 Å². The summed E-state index contributed by atoms with van der Waals surface area (Å²) >= 11 is 1.57. The van der Waals surface area contributed by atoms with Crippen LogP contribution in [0.3, 0.4) is 0 Å². The van der Waals surface area contributed by atoms with Gasteiger partial charge in [0.05, 0.1) is 10.2 Å². The minimum absolute atomic E-state index is 0.154. The number of hydrogen-bond donors (Lipinski definition) is 1. The van der Waals surface area contributed by atoms with E-state index in [2.05, 4.69) is 10.3 Å². The van der Waals surface area contributed by atoms with Gasteiger partial charge in [0.15, 0.2) is 0 Å². The molecule has 3 aromatic rings. The molecule has 0 bridgehead atoms. The number of esters is 1. The van der Waals surface area contributed by atoms with Crippen molar-refractivity contribution in [2.24, 2.45) is 7.05 Å². The number of thiophene rings is 1. The van der Waals surface area contributed by atoms with Crippen LogP contribution in [0.1, 0.15) is 47.8 Å². The first-order chi connectivity index (χ1) is 13.1. The van der Waals surface area contributed by atoms with Crippen molar-refractivity contribution in [3.8, 4) is 0 Å². The van der Waals surface area contributed by atoms with Crippen molar-refractivity contribution < 1.29 is 14.3 Å². The average Bonchev–Trinajstić information content (AvgIpc) is 3.40. The number of fused-ring (bicyclic) bond motifs is 1. The lowest BCUT2D eigenvalue weighted by Gasteiger charge is -2.20. The summed E-state index contributed by atoms with van der Waals surface area (Å²) in [7, 11) is 1.83. The van der Waals surface area contributed by atoms with E-state index in [4.69, 9.17) is 4.74 Å². The summed E-state index contributed by atoms with van der Waals surface area (Å²) in [5, 5.41) is 5.01. The van der Waals surface area contributed by atoms with Gasteiger partial charge in [-0.3, -0.25) is 9.78 Å². The molecule has 0 unspecified atom stereocenters. The molecule has 1 amide bonds. The number of carbonyl (C=O) groups is 2. The van der Waals surface area contributed by atoms with Crippen LogP contribution < -0.4 is 5.32 Å². The van der Waals surface area contributed by atoms with Gasteiger partial charge < -0.3 is 14.6 Å². The largest absolute Gasteiger partial charge is 0.443 e. The lowest BCUT2D eigenvalue weighted by Crippen LogP contribution is -2.38. The second kappa shape index (κ2) is 7.52. The highest BCUT2D eigenvalue weighted by atomic mass is 32.1. The van der Waals surface area contributed by atoms with E-state index >= 15 is 0 Å². The molecule has 3 heterocycles. The zero-order valence-electron chi connectivity index (χ0n) is 15.1. The third-order valence-electron chi connectivity index (χ3n) is 5.05. The van der Waals surface area contributed by atoms with Crippen LogP contribution in [-0.2, 0) is 16.6 Å². The highest BCUT2D eigenvalue weighted by Gasteiger charge is 2.29. The number of pyridine rings is 1. The molecule has 140 valence electrons. The maximum Gasteiger partial charge on any atom is 0.356 e. The van der Waals surface area contributed by atoms with Crippen molar-refractivity contribution >= 4 is 33.4 Å². The Morgan fingerprint density at radius 1 is 1.26 bits per heavy atom. The fourth-order valence-electron chi connectivity index (χ4n) is 3.57. The molecular formula is C20H21N3O3S. The molecule has 4 rings (SSSR count). The first-order valence-corrected chi connectivity index (χ1v) is 9.95. The summed E-state index contributed by atoms with van der Waals surface area (Å²) in [6.45, 7) is 0. The molecule has 1 aliphatic rings. The SMILES string of the molecule is Cn1c(C(=O)O[C@H](C(=O)NC2CCCC2)c2ccncc2)cc2sccc21. The lowest BCUT2D eigenvalue weighted by atomic mass is 10.1. The van der Waals surface area contributed by atoms with Gasteiger partial charge in [-0.15, -0.1) is 11.3 Å². The fraction of sp³-hybridized carbons (Fsp3) is 0.350. The van der Waals surface area contributed by atoms with E-state index in [1.807, 2.05) is 18.5 Å². The highest BCUT2D eigenvalue weighted by molar-refractivity contribution is 7.17. The Kier molecular flexibility index (Phi) is 4.94. The van der Waals surface area contributed by atoms with E-state index in [-0.39, 0.29) is 11.9 Å². The molecule has 1 atom stereocenters. The van der Waals surface area contributed by atoms with Crippen molar-refractivity contribution in [3.05, 3.63) is 53.3 Å². The van der Waals surface area contributed by atoms with Crippen LogP contribution in [0.25, 0.3) is 10.2 Å². The molecule has 27 heavy (non-hydrogen) atoms. The number of ether oxygens (including phenoxy) is 1. The number of nitrogens with zero attached hydrogens (tertiary/aromatic N) is 2. The van der Waals surface area contributed by atoms with Gasteiger partial charge in [0.25, 0.3) is 5.91 Å². The minimum Gasteiger partial charge on any atom is -0.443 e. The van der Waals surface area contributed by atoms with E-state index < -0.39 is 12.1 Å². The van der Waals surface area contributed by atoms with Crippen molar-refractivity contribution in [2.45, 2.75) is 37.8 Å². The van der Waals surface area contributed by atoms with E-state index in [0.29, 0.717) is 11.3 Å². The normalized spacial score (nSPS) is 15.7. The third kappa shape index (κ3) is 3.60. The number of aromatic nitrogens is 2. The van der Waals surface area contributed by atoms with Crippen LogP contribution in [0.15, 0.2) is 42.0 Å². The van der Waals surface area contributed by atoms with E-state index in [1.54, 1.807) is 46.5 Å². The second-order valence-electron chi connectivity index (χ2n) is 6.81. The van der Waals surface area contributed by atoms with Gasteiger partial charge in [-0.2, -0.15) is 0 Å². The minimum atomic E-state index is -0.992. The lowest BCUT2D eigenvalue weighted by molar-refractivity contribution is -0.131. The summed E-state index contributed by atoms with van der Waals surface area (Å²) in [4.78, 5) is 29.7. The van der Waals surface area contributed by atoms with Gasteiger partial charge >= 0.3 is 5.97 Å². The molecule has 0 saturated heterocycles. The number of carbonyl (C=O) groups excluding carboxylic acids is 2. The quantitative estimate of drug-likeness (QED) is 0.684. The molecule has 0 aliphatic heterocycles. The van der Waals surface area contributed by atoms with Crippen LogP contribution in [0.2, 0.25) is 0 Å². The van der Waals surface area contributed by atoms with Crippen LogP contribution in [-0.4, -0.2) is 27.5 Å². The van der Waals surface area contributed by atoms with Gasteiger partial charge in [-0.25, -0.2) is 4.79 Å². The number of aryl methyl sites for hydroxylation is 1. The highest BCUT2D eigenvalue weighted by Crippen LogP contribution is 2.27. The fourth-order valence-corrected chi connectivity index (χ4v) is 4.42. The Balaban J connectivity index is 1.58. The summed E-state index contributed by atoms with van der Waals surface area (Å²) in [5.74, 6) is -0.790. The van der Waals surface area contributed by atoms with E-state index in [9.17, 15) is 9.59 Å². The van der Waals surface area contributed by atoms with Crippen molar-refractivity contribution in [3.63, 3.8) is 0 Å². The molecule has 7 heteroatoms. The van der Waals surface area contributed by atoms with Crippen LogP contribution in [0.4, 0.5) is 0 Å². The maximum absolute atomic E-state index is 12.9. The third-order valence-corrected chi connectivity index (χ3v) is 5.90. The predicted octanol–water partition coefficient (Wildman–Crippen LogP) is 3.59. The molecule has 1 aliphatic carbocycles. The summed E-state index contributed by atoms with van der Waals surface area (Å²) in [5.41, 5.74) is 2.03. The van der Waals surface area contributed by atoms with Crippen molar-refractivity contribution in [2.75, 3.05) is 0 Å². The molecule has 0 spiro atoms. The van der Waals surface area contributed by atoms with Crippen LogP contribution in [0.5, 0.6) is 0 Å². The van der Waals surface area contributed by atoms with Gasteiger partial charge in [0.1, 0.15) is 5.69 Å². The topological polar surface area (TPSA) is 73.2 Å². The summed E-state index contributed by atoms with van der Waals surface area (Å²) < 4.78 is 8.49. The number of rotatable bonds is 5. The molecule has 0 aromatic carbocycles. The first-order valence-electron chi connectivity index (χ1n) is 9.07. The molecular weight excluding hydrogens is 362 g/mol. The Bertz CT molecular complexity index is 957. The molecule has 0 radical (unpaired) electrons. The second-order valence-corrected chi connectivity index (χ2v) is 7.76. The zero-order valence-corrected chi connectivity index (χ0v) is 15.9. The molecule has 1 N–H and O–H groups in total. The van der Waals surface area contributed by atoms with Crippen molar-refractivity contribution in [1.82, 2.24) is 14.9 Å². The predicted molar refractivity (Wildman–Crippen MR) is 104 cm³/mol. The Morgan fingerprint density at radius 2 is 2.00 bits per heavy atom. The maximum atomic E-state index is 12.9. The Labute approximate surface area is 161 Å². The standard InChI is InChI=1S/C20H21N3O3S/c1-23-15-8-11-27-17(15)12-16(23)20(25)26-18(13-6-9-21-10-7-13)19(24)22-14-4-2-3-5-14/h6-12,14,18H,2-5H2,1H3,(H,22,24)/t18-/m0/s1. The smallest absolute Gasteiger partial charge is 0.356 e. The molecule has 3 aromatic heterocycles. The zero-order chi connectivity index (χ0) is 18.8. The van der Waals surface area contributed by atoms with Gasteiger partial charge in [0, 0.05) is 31.0 Å². The number of hydrogen-bond acceptors (Lipinski definition) is 5. The van der Waals surface area contributed by atoms with Crippen LogP contribution >= 0.6 is 11.3 Å². The molecule has 6 nitrogen and oxygen atoms in total. The summed E-state index contributed by atoms with van der Waals surface area (Å²) in [6.07, 6.45) is 6.37. The Morgan fingerprint density at radius 3 is 2.70 bits per heavy atom. The van der Waals surface area contributed by atoms with Gasteiger partial charge in [-0.05, 0) is 42.5 Å². The monoisotopic (exact) mass is 383 g/mol. The van der Waals surface area contributed by atoms with Gasteiger partial charge in [-0.1, -0.05) is 12.8 Å². The summed E-state index contributed by atoms with van der Waals surface area (Å²) in [6, 6.07) is 7.33. The van der Waals surface area contributed by atoms with E-state index in [0.717, 1.165) is 35.9 Å². The molecule has 1 saturated carbocycles. The first kappa shape index (κ1) is 17.7. The van der Waals surface area contributed by atoms with Crippen molar-refractivity contribution in [1.29, 1.82) is 0 Å². The number of amides is 1. The average molecular weight is 383 g/mol. The molecule has 1 fully saturated rings. The Hall–Kier alpha value is -2.67. The van der Waals surface area contributed by atoms with Crippen LogP contribution in [0, 0.1) is 0 Å².